The second kappa shape index (κ2) is 50.5. The zero-order chi connectivity index (χ0) is 44.4. The van der Waals surface area contributed by atoms with Crippen molar-refractivity contribution in [1.82, 2.24) is 0 Å². The van der Waals surface area contributed by atoms with Gasteiger partial charge < -0.3 is 14.2 Å². The maximum atomic E-state index is 12.8. The fourth-order valence-electron chi connectivity index (χ4n) is 7.91. The Bertz CT molecular complexity index is 989. The van der Waals surface area contributed by atoms with Crippen molar-refractivity contribution in [2.45, 2.75) is 297 Å². The molecule has 0 aromatic heterocycles. The number of hydrogen-bond acceptors (Lipinski definition) is 6. The minimum absolute atomic E-state index is 0.0712. The Morgan fingerprint density at radius 1 is 0.328 bits per heavy atom. The topological polar surface area (TPSA) is 78.9 Å². The molecule has 0 aromatic carbocycles. The second-order valence-electron chi connectivity index (χ2n) is 18.2. The van der Waals surface area contributed by atoms with E-state index < -0.39 is 6.10 Å². The van der Waals surface area contributed by atoms with Gasteiger partial charge in [0.05, 0.1) is 0 Å². The molecule has 1 unspecified atom stereocenters. The van der Waals surface area contributed by atoms with Crippen molar-refractivity contribution in [1.29, 1.82) is 0 Å². The number of hydrogen-bond donors (Lipinski definition) is 0. The molecule has 0 aromatic rings. The van der Waals surface area contributed by atoms with Gasteiger partial charge in [-0.15, -0.1) is 0 Å². The molecule has 0 fully saturated rings. The van der Waals surface area contributed by atoms with Crippen LogP contribution in [0.25, 0.3) is 0 Å². The van der Waals surface area contributed by atoms with Crippen LogP contribution in [0.3, 0.4) is 0 Å². The van der Waals surface area contributed by atoms with E-state index in [1.807, 2.05) is 0 Å². The minimum Gasteiger partial charge on any atom is -0.462 e. The predicted molar refractivity (Wildman–Crippen MR) is 261 cm³/mol. The predicted octanol–water partition coefficient (Wildman–Crippen LogP) is 17.5. The molecule has 6 heteroatoms. The minimum atomic E-state index is -0.771. The summed E-state index contributed by atoms with van der Waals surface area (Å²) in [6.45, 7) is 6.62. The molecular weight excluding hydrogens is 757 g/mol. The van der Waals surface area contributed by atoms with Crippen molar-refractivity contribution in [2.75, 3.05) is 13.2 Å². The van der Waals surface area contributed by atoms with Gasteiger partial charge in [-0.25, -0.2) is 0 Å². The molecule has 0 saturated heterocycles. The molecule has 61 heavy (non-hydrogen) atoms. The van der Waals surface area contributed by atoms with Crippen molar-refractivity contribution in [3.8, 4) is 0 Å². The quantitative estimate of drug-likeness (QED) is 0.0262. The molecule has 358 valence electrons. The number of allylic oxidation sites excluding steroid dienone is 4. The molecule has 0 N–H and O–H groups in total. The molecular formula is C55H102O6. The van der Waals surface area contributed by atoms with Crippen LogP contribution in [0.4, 0.5) is 0 Å². The van der Waals surface area contributed by atoms with Crippen LogP contribution in [0.15, 0.2) is 24.3 Å². The number of esters is 3. The van der Waals surface area contributed by atoms with Gasteiger partial charge in [0, 0.05) is 19.3 Å². The molecule has 1 atom stereocenters. The van der Waals surface area contributed by atoms with E-state index >= 15 is 0 Å². The third kappa shape index (κ3) is 48.8. The van der Waals surface area contributed by atoms with Gasteiger partial charge in [-0.2, -0.15) is 0 Å². The van der Waals surface area contributed by atoms with E-state index in [0.717, 1.165) is 64.2 Å². The van der Waals surface area contributed by atoms with Crippen molar-refractivity contribution in [3.05, 3.63) is 24.3 Å². The number of ether oxygens (including phenoxy) is 3. The molecule has 0 aliphatic heterocycles. The van der Waals surface area contributed by atoms with E-state index in [4.69, 9.17) is 14.2 Å². The molecule has 0 rings (SSSR count). The highest BCUT2D eigenvalue weighted by atomic mass is 16.6. The van der Waals surface area contributed by atoms with Crippen molar-refractivity contribution >= 4 is 17.9 Å². The van der Waals surface area contributed by atoms with Gasteiger partial charge in [-0.05, 0) is 44.9 Å². The van der Waals surface area contributed by atoms with Gasteiger partial charge in [0.25, 0.3) is 0 Å². The van der Waals surface area contributed by atoms with E-state index in [1.54, 1.807) is 0 Å². The Morgan fingerprint density at radius 3 is 0.902 bits per heavy atom. The lowest BCUT2D eigenvalue weighted by Crippen LogP contribution is -2.30. The number of carbonyl (C=O) groups excluding carboxylic acids is 3. The van der Waals surface area contributed by atoms with Crippen LogP contribution >= 0.6 is 0 Å². The highest BCUT2D eigenvalue weighted by Gasteiger charge is 2.19. The molecule has 0 aliphatic rings. The van der Waals surface area contributed by atoms with Crippen LogP contribution in [0.2, 0.25) is 0 Å². The lowest BCUT2D eigenvalue weighted by atomic mass is 10.0. The zero-order valence-electron chi connectivity index (χ0n) is 40.9. The summed E-state index contributed by atoms with van der Waals surface area (Å²) in [4.78, 5) is 37.9. The third-order valence-electron chi connectivity index (χ3n) is 12.0. The van der Waals surface area contributed by atoms with Crippen molar-refractivity contribution < 1.29 is 28.6 Å². The van der Waals surface area contributed by atoms with E-state index in [-0.39, 0.29) is 31.1 Å². The molecule has 0 spiro atoms. The fourth-order valence-corrected chi connectivity index (χ4v) is 7.91. The van der Waals surface area contributed by atoms with Gasteiger partial charge in [0.1, 0.15) is 13.2 Å². The third-order valence-corrected chi connectivity index (χ3v) is 12.0. The fraction of sp³-hybridized carbons (Fsp3) is 0.873. The summed E-state index contributed by atoms with van der Waals surface area (Å²) in [5.41, 5.74) is 0. The van der Waals surface area contributed by atoms with Crippen LogP contribution in [-0.2, 0) is 28.6 Å². The summed E-state index contributed by atoms with van der Waals surface area (Å²) in [6, 6.07) is 0. The largest absolute Gasteiger partial charge is 0.462 e. The number of rotatable bonds is 49. The van der Waals surface area contributed by atoms with E-state index in [0.29, 0.717) is 19.3 Å². The Balaban J connectivity index is 4.29. The summed E-state index contributed by atoms with van der Waals surface area (Å²) >= 11 is 0. The molecule has 0 heterocycles. The SMILES string of the molecule is CCCCC/C=C\C=C/CCCCCCCCC(=O)OC(COC(=O)CCCCCCCCCCCC)COC(=O)CCCCCCCCCCCCCCCCCCCC. The van der Waals surface area contributed by atoms with Gasteiger partial charge in [-0.1, -0.05) is 251 Å². The van der Waals surface area contributed by atoms with Crippen LogP contribution in [0.1, 0.15) is 290 Å². The summed E-state index contributed by atoms with van der Waals surface area (Å²) in [7, 11) is 0. The van der Waals surface area contributed by atoms with Crippen molar-refractivity contribution in [3.63, 3.8) is 0 Å². The normalized spacial score (nSPS) is 12.1. The first kappa shape index (κ1) is 58.9. The maximum absolute atomic E-state index is 12.8. The summed E-state index contributed by atoms with van der Waals surface area (Å²) < 4.78 is 16.8. The van der Waals surface area contributed by atoms with Gasteiger partial charge in [0.2, 0.25) is 0 Å². The molecule has 0 aliphatic carbocycles. The summed E-state index contributed by atoms with van der Waals surface area (Å²) in [5.74, 6) is -0.869. The first-order valence-electron chi connectivity index (χ1n) is 26.9. The van der Waals surface area contributed by atoms with Gasteiger partial charge in [-0.3, -0.25) is 14.4 Å². The lowest BCUT2D eigenvalue weighted by molar-refractivity contribution is -0.167. The summed E-state index contributed by atoms with van der Waals surface area (Å²) in [5, 5.41) is 0. The number of unbranched alkanes of at least 4 members (excludes halogenated alkanes) is 35. The molecule has 0 radical (unpaired) electrons. The Hall–Kier alpha value is -2.11. The first-order chi connectivity index (χ1) is 30.0. The van der Waals surface area contributed by atoms with E-state index in [1.165, 1.54) is 186 Å². The van der Waals surface area contributed by atoms with Crippen LogP contribution < -0.4 is 0 Å². The highest BCUT2D eigenvalue weighted by Crippen LogP contribution is 2.16. The summed E-state index contributed by atoms with van der Waals surface area (Å²) in [6.07, 6.45) is 57.3. The lowest BCUT2D eigenvalue weighted by Gasteiger charge is -2.18. The molecule has 0 amide bonds. The standard InChI is InChI=1S/C55H102O6/c1-4-7-10-13-16-19-22-24-26-27-28-30-31-33-36-39-42-45-48-54(57)60-51-52(50-59-53(56)47-44-41-38-35-21-18-15-12-9-6-3)61-55(58)49-46-43-40-37-34-32-29-25-23-20-17-14-11-8-5-2/h17,20,23,25,52H,4-16,18-19,21-22,24,26-51H2,1-3H3/b20-17-,25-23-. The van der Waals surface area contributed by atoms with Gasteiger partial charge in [0.15, 0.2) is 6.10 Å². The van der Waals surface area contributed by atoms with E-state index in [2.05, 4.69) is 45.1 Å². The smallest absolute Gasteiger partial charge is 0.306 e. The Kier molecular flexibility index (Phi) is 48.8. The van der Waals surface area contributed by atoms with E-state index in [9.17, 15) is 14.4 Å². The second-order valence-corrected chi connectivity index (χ2v) is 18.2. The zero-order valence-corrected chi connectivity index (χ0v) is 40.9. The van der Waals surface area contributed by atoms with Crippen molar-refractivity contribution in [2.24, 2.45) is 0 Å². The number of carbonyl (C=O) groups is 3. The van der Waals surface area contributed by atoms with Crippen LogP contribution in [-0.4, -0.2) is 37.2 Å². The average molecular weight is 859 g/mol. The average Bonchev–Trinajstić information content (AvgIpc) is 3.26. The highest BCUT2D eigenvalue weighted by molar-refractivity contribution is 5.71. The Labute approximate surface area is 379 Å². The molecule has 0 bridgehead atoms. The van der Waals surface area contributed by atoms with Crippen LogP contribution in [0.5, 0.6) is 0 Å². The van der Waals surface area contributed by atoms with Crippen LogP contribution in [0, 0.1) is 0 Å². The molecule has 0 saturated carbocycles. The molecule has 6 nitrogen and oxygen atoms in total. The monoisotopic (exact) mass is 859 g/mol. The van der Waals surface area contributed by atoms with Gasteiger partial charge >= 0.3 is 17.9 Å². The maximum Gasteiger partial charge on any atom is 0.306 e. The Morgan fingerprint density at radius 2 is 0.574 bits per heavy atom. The first-order valence-corrected chi connectivity index (χ1v) is 26.9.